The second-order valence-electron chi connectivity index (χ2n) is 7.52. The highest BCUT2D eigenvalue weighted by molar-refractivity contribution is 6.43. The number of benzene rings is 1. The van der Waals surface area contributed by atoms with E-state index in [1.807, 2.05) is 42.7 Å². The fourth-order valence-corrected chi connectivity index (χ4v) is 4.18. The maximum absolute atomic E-state index is 6.33. The molecule has 1 aliphatic rings. The largest absolute Gasteiger partial charge is 0.294 e. The molecule has 0 fully saturated rings. The molecule has 5 nitrogen and oxygen atoms in total. The molecule has 0 N–H and O–H groups in total. The summed E-state index contributed by atoms with van der Waals surface area (Å²) in [7, 11) is 0. The van der Waals surface area contributed by atoms with Crippen molar-refractivity contribution in [2.24, 2.45) is 0 Å². The molecule has 0 aliphatic carbocycles. The van der Waals surface area contributed by atoms with E-state index < -0.39 is 0 Å². The van der Waals surface area contributed by atoms with Crippen LogP contribution in [-0.2, 0) is 19.5 Å². The van der Waals surface area contributed by atoms with Gasteiger partial charge in [-0.3, -0.25) is 14.9 Å². The number of halogens is 2. The van der Waals surface area contributed by atoms with Crippen molar-refractivity contribution in [1.82, 2.24) is 24.8 Å². The molecule has 0 atom stereocenters. The first-order chi connectivity index (χ1) is 15.2. The molecule has 0 saturated carbocycles. The van der Waals surface area contributed by atoms with Crippen LogP contribution in [0.5, 0.6) is 0 Å². The predicted octanol–water partition coefficient (Wildman–Crippen LogP) is 5.47. The van der Waals surface area contributed by atoms with E-state index >= 15 is 0 Å². The smallest absolute Gasteiger partial charge is 0.160 e. The molecule has 0 bridgehead atoms. The van der Waals surface area contributed by atoms with Crippen molar-refractivity contribution in [3.05, 3.63) is 94.1 Å². The number of fused-ring (bicyclic) bond motifs is 1. The zero-order chi connectivity index (χ0) is 21.2. The Kier molecular flexibility index (Phi) is 5.64. The van der Waals surface area contributed by atoms with Crippen LogP contribution in [0.3, 0.4) is 0 Å². The first-order valence-corrected chi connectivity index (χ1v) is 10.8. The third-order valence-electron chi connectivity index (χ3n) is 5.39. The molecule has 0 amide bonds. The molecular weight excluding hydrogens is 429 g/mol. The van der Waals surface area contributed by atoms with Gasteiger partial charge in [-0.2, -0.15) is 0 Å². The number of nitrogens with zero attached hydrogens (tertiary/aromatic N) is 5. The van der Waals surface area contributed by atoms with E-state index in [9.17, 15) is 0 Å². The van der Waals surface area contributed by atoms with Crippen molar-refractivity contribution >= 4 is 23.2 Å². The Bertz CT molecular complexity index is 1210. The van der Waals surface area contributed by atoms with Crippen LogP contribution in [0.25, 0.3) is 22.6 Å². The van der Waals surface area contributed by atoms with Gasteiger partial charge in [0.05, 0.1) is 21.4 Å². The number of hydrogen-bond acceptors (Lipinski definition) is 5. The molecule has 0 unspecified atom stereocenters. The van der Waals surface area contributed by atoms with E-state index in [-0.39, 0.29) is 0 Å². The lowest BCUT2D eigenvalue weighted by molar-refractivity contribution is 0.242. The predicted molar refractivity (Wildman–Crippen MR) is 123 cm³/mol. The SMILES string of the molecule is Clc1cccc(-c2ccc(CN3CCc4nc(-c5cccnc5)ncc4C3)cn2)c1Cl. The fraction of sp³-hybridized carbons (Fsp3) is 0.167. The van der Waals surface area contributed by atoms with Crippen molar-refractivity contribution in [2.75, 3.05) is 6.54 Å². The molecule has 1 aromatic carbocycles. The van der Waals surface area contributed by atoms with E-state index in [0.29, 0.717) is 10.0 Å². The maximum atomic E-state index is 6.33. The van der Waals surface area contributed by atoms with Crippen LogP contribution < -0.4 is 0 Å². The van der Waals surface area contributed by atoms with E-state index in [1.165, 1.54) is 5.56 Å². The third-order valence-corrected chi connectivity index (χ3v) is 6.21. The molecule has 7 heteroatoms. The van der Waals surface area contributed by atoms with Gasteiger partial charge in [-0.05, 0) is 29.8 Å². The average molecular weight is 448 g/mol. The molecule has 0 radical (unpaired) electrons. The van der Waals surface area contributed by atoms with Gasteiger partial charge in [0.25, 0.3) is 0 Å². The minimum Gasteiger partial charge on any atom is -0.294 e. The number of rotatable bonds is 4. The van der Waals surface area contributed by atoms with Crippen LogP contribution >= 0.6 is 23.2 Å². The fourth-order valence-electron chi connectivity index (χ4n) is 3.78. The molecule has 31 heavy (non-hydrogen) atoms. The molecule has 5 rings (SSSR count). The van der Waals surface area contributed by atoms with Crippen LogP contribution in [0.1, 0.15) is 16.8 Å². The van der Waals surface area contributed by atoms with Crippen LogP contribution in [0, 0.1) is 0 Å². The molecule has 4 aromatic rings. The van der Waals surface area contributed by atoms with Crippen LogP contribution in [0.2, 0.25) is 10.0 Å². The molecular formula is C24H19Cl2N5. The van der Waals surface area contributed by atoms with Gasteiger partial charge in [0.2, 0.25) is 0 Å². The van der Waals surface area contributed by atoms with Gasteiger partial charge in [-0.15, -0.1) is 0 Å². The molecule has 0 spiro atoms. The van der Waals surface area contributed by atoms with Gasteiger partial charge in [-0.1, -0.05) is 41.4 Å². The average Bonchev–Trinajstić information content (AvgIpc) is 2.82. The van der Waals surface area contributed by atoms with Gasteiger partial charge in [0.15, 0.2) is 5.82 Å². The van der Waals surface area contributed by atoms with Gasteiger partial charge >= 0.3 is 0 Å². The Morgan fingerprint density at radius 1 is 0.935 bits per heavy atom. The normalized spacial score (nSPS) is 13.7. The van der Waals surface area contributed by atoms with Crippen molar-refractivity contribution < 1.29 is 0 Å². The van der Waals surface area contributed by atoms with Crippen molar-refractivity contribution in [1.29, 1.82) is 0 Å². The zero-order valence-electron chi connectivity index (χ0n) is 16.7. The number of aromatic nitrogens is 4. The lowest BCUT2D eigenvalue weighted by atomic mass is 10.1. The summed E-state index contributed by atoms with van der Waals surface area (Å²) in [5, 5.41) is 1.06. The lowest BCUT2D eigenvalue weighted by Gasteiger charge is -2.28. The van der Waals surface area contributed by atoms with Crippen molar-refractivity contribution in [3.8, 4) is 22.6 Å². The topological polar surface area (TPSA) is 54.8 Å². The van der Waals surface area contributed by atoms with Gasteiger partial charge < -0.3 is 0 Å². The summed E-state index contributed by atoms with van der Waals surface area (Å²) in [6.07, 6.45) is 8.30. The Morgan fingerprint density at radius 3 is 2.68 bits per heavy atom. The van der Waals surface area contributed by atoms with Gasteiger partial charge in [-0.25, -0.2) is 9.97 Å². The van der Waals surface area contributed by atoms with Crippen LogP contribution in [-0.4, -0.2) is 31.4 Å². The minimum atomic E-state index is 0.530. The minimum absolute atomic E-state index is 0.530. The van der Waals surface area contributed by atoms with Crippen molar-refractivity contribution in [2.45, 2.75) is 19.5 Å². The Hall–Kier alpha value is -2.86. The number of pyridine rings is 2. The lowest BCUT2D eigenvalue weighted by Crippen LogP contribution is -2.31. The first-order valence-electron chi connectivity index (χ1n) is 10.0. The molecule has 4 heterocycles. The highest BCUT2D eigenvalue weighted by Crippen LogP contribution is 2.32. The van der Waals surface area contributed by atoms with Crippen LogP contribution in [0.4, 0.5) is 0 Å². The summed E-state index contributed by atoms with van der Waals surface area (Å²) in [5.41, 5.74) is 6.05. The highest BCUT2D eigenvalue weighted by Gasteiger charge is 2.19. The Labute approximate surface area is 190 Å². The Morgan fingerprint density at radius 2 is 1.87 bits per heavy atom. The summed E-state index contributed by atoms with van der Waals surface area (Å²) >= 11 is 12.5. The zero-order valence-corrected chi connectivity index (χ0v) is 18.2. The molecule has 1 aliphatic heterocycles. The summed E-state index contributed by atoms with van der Waals surface area (Å²) in [4.78, 5) is 20.5. The summed E-state index contributed by atoms with van der Waals surface area (Å²) in [5.74, 6) is 0.736. The summed E-state index contributed by atoms with van der Waals surface area (Å²) in [6, 6.07) is 13.6. The Balaban J connectivity index is 1.28. The van der Waals surface area contributed by atoms with E-state index in [2.05, 4.69) is 25.9 Å². The quantitative estimate of drug-likeness (QED) is 0.415. The number of hydrogen-bond donors (Lipinski definition) is 0. The second kappa shape index (κ2) is 8.71. The monoisotopic (exact) mass is 447 g/mol. The maximum Gasteiger partial charge on any atom is 0.160 e. The molecule has 0 saturated heterocycles. The van der Waals surface area contributed by atoms with E-state index in [4.69, 9.17) is 28.2 Å². The summed E-state index contributed by atoms with van der Waals surface area (Å²) in [6.45, 7) is 2.59. The van der Waals surface area contributed by atoms with E-state index in [1.54, 1.807) is 18.5 Å². The first kappa shape index (κ1) is 20.1. The highest BCUT2D eigenvalue weighted by atomic mass is 35.5. The van der Waals surface area contributed by atoms with Crippen LogP contribution in [0.15, 0.2) is 67.3 Å². The third kappa shape index (κ3) is 4.30. The molecule has 154 valence electrons. The van der Waals surface area contributed by atoms with Gasteiger partial charge in [0, 0.05) is 67.5 Å². The summed E-state index contributed by atoms with van der Waals surface area (Å²) < 4.78 is 0. The molecule has 3 aromatic heterocycles. The van der Waals surface area contributed by atoms with Crippen molar-refractivity contribution in [3.63, 3.8) is 0 Å². The van der Waals surface area contributed by atoms with Gasteiger partial charge in [0.1, 0.15) is 0 Å². The second-order valence-corrected chi connectivity index (χ2v) is 8.31. The standard InChI is InChI=1S/C24H19Cl2N5/c25-20-5-1-4-19(23(20)26)22-7-6-16(11-28-22)14-31-10-8-21-18(15-31)13-29-24(30-21)17-3-2-9-27-12-17/h1-7,9,11-13H,8,10,14-15H2. The van der Waals surface area contributed by atoms with E-state index in [0.717, 1.165) is 60.0 Å².